The van der Waals surface area contributed by atoms with E-state index in [0.717, 1.165) is 0 Å². The minimum absolute atomic E-state index is 0. The molecule has 0 aromatic heterocycles. The molecule has 0 amide bonds. The lowest BCUT2D eigenvalue weighted by Gasteiger charge is -1.02. The third-order valence-corrected chi connectivity index (χ3v) is 0. The van der Waals surface area contributed by atoms with E-state index in [0.29, 0.717) is 0 Å². The summed E-state index contributed by atoms with van der Waals surface area (Å²) in [6.07, 6.45) is 0. The molecule has 0 unspecified atom stereocenters. The maximum Gasteiger partial charge on any atom is 0.112 e. The Morgan fingerprint density at radius 2 is 1.00 bits per heavy atom. The van der Waals surface area contributed by atoms with Crippen LogP contribution in [0.2, 0.25) is 5.79 Å². The van der Waals surface area contributed by atoms with E-state index >= 15 is 0 Å². The molecule has 4 N–H and O–H groups in total. The van der Waals surface area contributed by atoms with Gasteiger partial charge in [0.25, 0.3) is 0 Å². The summed E-state index contributed by atoms with van der Waals surface area (Å²) in [6.45, 7) is 0. The molecule has 0 aliphatic rings. The highest BCUT2D eigenvalue weighted by atomic mass is 27.0. The van der Waals surface area contributed by atoms with E-state index in [9.17, 15) is 0 Å². The number of rotatable bonds is 0. The normalized spacial score (nSPS) is 1.25. The minimum atomic E-state index is 0. The molecule has 0 spiro atoms. The highest BCUT2D eigenvalue weighted by Gasteiger charge is 0.999. The molecule has 2 radical (unpaired) electrons. The van der Waals surface area contributed by atoms with E-state index in [2.05, 4.69) is 16.3 Å². The van der Waals surface area contributed by atoms with Crippen LogP contribution in [0.1, 0.15) is 0 Å². The van der Waals surface area contributed by atoms with Crippen LogP contribution in [0.5, 0.6) is 0 Å². The fourth-order valence-electron chi connectivity index (χ4n) is 0. The van der Waals surface area contributed by atoms with Gasteiger partial charge in [0, 0.05) is 0 Å². The topological polar surface area (TPSA) is 63.0 Å². The van der Waals surface area contributed by atoms with Crippen molar-refractivity contribution in [3.8, 4) is 0 Å². The van der Waals surface area contributed by atoms with Gasteiger partial charge in [-0.2, -0.15) is 0 Å². The second-order valence-electron chi connectivity index (χ2n) is 0. The SMILES string of the molecule is O.O.[CH3][Al]. The second kappa shape index (κ2) is 101. The minimum Gasteiger partial charge on any atom is -0.412 e. The molecule has 0 rings (SSSR count). The maximum atomic E-state index is 2.42. The van der Waals surface area contributed by atoms with Gasteiger partial charge in [-0.1, -0.05) is 0 Å². The highest BCUT2D eigenvalue weighted by molar-refractivity contribution is 6.05. The van der Waals surface area contributed by atoms with E-state index in [4.69, 9.17) is 0 Å². The van der Waals surface area contributed by atoms with E-state index in [-0.39, 0.29) is 11.0 Å². The van der Waals surface area contributed by atoms with Crippen molar-refractivity contribution >= 4 is 16.3 Å². The molecular weight excluding hydrogens is 71.0 g/mol. The monoisotopic (exact) mass is 78.0 g/mol. The van der Waals surface area contributed by atoms with Gasteiger partial charge in [-0.25, -0.2) is 0 Å². The summed E-state index contributed by atoms with van der Waals surface area (Å²) >= 11 is 2.42. The number of hydrogen-bond donors (Lipinski definition) is 0. The summed E-state index contributed by atoms with van der Waals surface area (Å²) in [7, 11) is 0. The Balaban J connectivity index is -0.00000000500. The Morgan fingerprint density at radius 1 is 1.00 bits per heavy atom. The average Bonchev–Trinajstić information content (AvgIpc) is 1.00. The molecule has 2 nitrogen and oxygen atoms in total. The molecule has 26 valence electrons. The van der Waals surface area contributed by atoms with Gasteiger partial charge in [0.1, 0.15) is 16.3 Å². The van der Waals surface area contributed by atoms with Crippen LogP contribution in [-0.2, 0) is 0 Å². The number of hydrogen-bond acceptors (Lipinski definition) is 0. The molecule has 0 aliphatic carbocycles. The standard InChI is InChI=1S/CH3.Al.2H2O/h1H3;;2*1H2. The van der Waals surface area contributed by atoms with Crippen LogP contribution in [0.15, 0.2) is 0 Å². The lowest BCUT2D eigenvalue weighted by Crippen LogP contribution is -1.13. The Kier molecular flexibility index (Phi) is 638. The summed E-state index contributed by atoms with van der Waals surface area (Å²) in [5, 5.41) is 0. The smallest absolute Gasteiger partial charge is 0.112 e. The summed E-state index contributed by atoms with van der Waals surface area (Å²) in [5.74, 6) is 1.92. The third kappa shape index (κ3) is 25.3. The van der Waals surface area contributed by atoms with Gasteiger partial charge < -0.3 is 11.0 Å². The van der Waals surface area contributed by atoms with E-state index in [1.165, 1.54) is 0 Å². The van der Waals surface area contributed by atoms with Gasteiger partial charge in [0.05, 0.1) is 0 Å². The van der Waals surface area contributed by atoms with Gasteiger partial charge in [-0.05, 0) is 0 Å². The Morgan fingerprint density at radius 3 is 1.00 bits per heavy atom. The maximum absolute atomic E-state index is 2.42. The first-order valence-electron chi connectivity index (χ1n) is 0.577. The second-order valence-corrected chi connectivity index (χ2v) is 0. The molecule has 0 saturated carbocycles. The van der Waals surface area contributed by atoms with Crippen LogP contribution in [0.3, 0.4) is 0 Å². The molecule has 0 aromatic carbocycles. The van der Waals surface area contributed by atoms with Crippen molar-refractivity contribution in [2.24, 2.45) is 0 Å². The molecule has 0 saturated heterocycles. The summed E-state index contributed by atoms with van der Waals surface area (Å²) < 4.78 is 0. The molecule has 0 aliphatic heterocycles. The summed E-state index contributed by atoms with van der Waals surface area (Å²) in [6, 6.07) is 0. The van der Waals surface area contributed by atoms with Crippen LogP contribution < -0.4 is 0 Å². The third-order valence-electron chi connectivity index (χ3n) is 0. The molecule has 0 heterocycles. The Bertz CT molecular complexity index is 6.00. The fraction of sp³-hybridized carbons (Fsp3) is 1.00. The van der Waals surface area contributed by atoms with Crippen molar-refractivity contribution in [1.82, 2.24) is 0 Å². The first kappa shape index (κ1) is 25.2. The zero-order chi connectivity index (χ0) is 2.00. The van der Waals surface area contributed by atoms with Gasteiger partial charge in [0.2, 0.25) is 0 Å². The van der Waals surface area contributed by atoms with Crippen LogP contribution in [0.25, 0.3) is 0 Å². The highest BCUT2D eigenvalue weighted by Crippen LogP contribution is 0.960. The van der Waals surface area contributed by atoms with Crippen LogP contribution in [0.4, 0.5) is 0 Å². The first-order valence-corrected chi connectivity index (χ1v) is 1.73. The predicted molar refractivity (Wildman–Crippen MR) is 18.8 cm³/mol. The summed E-state index contributed by atoms with van der Waals surface area (Å²) in [5.41, 5.74) is 0. The van der Waals surface area contributed by atoms with Gasteiger partial charge in [-0.15, -0.1) is 5.79 Å². The fourth-order valence-corrected chi connectivity index (χ4v) is 0. The Hall–Kier alpha value is 0.452. The van der Waals surface area contributed by atoms with E-state index < -0.39 is 0 Å². The van der Waals surface area contributed by atoms with Gasteiger partial charge >= 0.3 is 0 Å². The lowest BCUT2D eigenvalue weighted by atomic mass is 11.9. The molecule has 0 aromatic rings. The first-order chi connectivity index (χ1) is 1.00. The van der Waals surface area contributed by atoms with Crippen molar-refractivity contribution in [2.75, 3.05) is 0 Å². The zero-order valence-electron chi connectivity index (χ0n) is 2.58. The quantitative estimate of drug-likeness (QED) is 0.318. The molecule has 0 bridgehead atoms. The molecule has 3 heteroatoms. The van der Waals surface area contributed by atoms with Gasteiger partial charge in [0.15, 0.2) is 0 Å². The van der Waals surface area contributed by atoms with E-state index in [1.807, 2.05) is 5.79 Å². The average molecular weight is 78.0 g/mol. The van der Waals surface area contributed by atoms with Gasteiger partial charge in [-0.3, -0.25) is 0 Å². The predicted octanol–water partition coefficient (Wildman–Crippen LogP) is -1.45. The zero-order valence-corrected chi connectivity index (χ0v) is 3.73. The van der Waals surface area contributed by atoms with Crippen molar-refractivity contribution in [3.63, 3.8) is 0 Å². The van der Waals surface area contributed by atoms with Crippen molar-refractivity contribution in [1.29, 1.82) is 0 Å². The molecule has 0 fully saturated rings. The van der Waals surface area contributed by atoms with Crippen LogP contribution >= 0.6 is 0 Å². The van der Waals surface area contributed by atoms with Crippen molar-refractivity contribution in [2.45, 2.75) is 5.79 Å². The molecular formula is CH7AlO2. The Labute approximate surface area is 33.9 Å². The van der Waals surface area contributed by atoms with Crippen molar-refractivity contribution < 1.29 is 11.0 Å². The van der Waals surface area contributed by atoms with E-state index in [1.54, 1.807) is 0 Å². The van der Waals surface area contributed by atoms with Crippen LogP contribution in [-0.4, -0.2) is 27.2 Å². The molecule has 0 atom stereocenters. The van der Waals surface area contributed by atoms with Crippen molar-refractivity contribution in [3.05, 3.63) is 0 Å². The molecule has 4 heavy (non-hydrogen) atoms. The summed E-state index contributed by atoms with van der Waals surface area (Å²) in [4.78, 5) is 0. The lowest BCUT2D eigenvalue weighted by molar-refractivity contribution is 0.823. The largest absolute Gasteiger partial charge is 0.412 e. The van der Waals surface area contributed by atoms with Crippen LogP contribution in [0, 0.1) is 0 Å².